The maximum atomic E-state index is 13.1. The molecule has 0 aliphatic heterocycles. The van der Waals surface area contributed by atoms with Crippen LogP contribution in [0.3, 0.4) is 0 Å². The van der Waals surface area contributed by atoms with Crippen molar-refractivity contribution in [1.82, 2.24) is 4.98 Å². The molecule has 0 atom stereocenters. The summed E-state index contributed by atoms with van der Waals surface area (Å²) in [6.45, 7) is 0.381. The molecule has 1 aromatic heterocycles. The second kappa shape index (κ2) is 4.61. The third-order valence-electron chi connectivity index (χ3n) is 2.13. The Morgan fingerprint density at radius 1 is 1.19 bits per heavy atom. The summed E-state index contributed by atoms with van der Waals surface area (Å²) in [5.41, 5.74) is 6.46. The molecule has 4 heteroatoms. The monoisotopic (exact) mass is 218 g/mol. The van der Waals surface area contributed by atoms with Gasteiger partial charge in [-0.3, -0.25) is 4.98 Å². The lowest BCUT2D eigenvalue weighted by Gasteiger charge is -2.06. The van der Waals surface area contributed by atoms with Gasteiger partial charge in [0.25, 0.3) is 0 Å². The molecule has 16 heavy (non-hydrogen) atoms. The molecule has 1 aromatic carbocycles. The summed E-state index contributed by atoms with van der Waals surface area (Å²) in [4.78, 5) is 3.89. The maximum absolute atomic E-state index is 13.1. The van der Waals surface area contributed by atoms with E-state index >= 15 is 0 Å². The van der Waals surface area contributed by atoms with E-state index in [4.69, 9.17) is 10.5 Å². The van der Waals surface area contributed by atoms with E-state index in [1.54, 1.807) is 18.5 Å². The molecule has 2 aromatic rings. The molecule has 0 bridgehead atoms. The fourth-order valence-corrected chi connectivity index (χ4v) is 1.24. The van der Waals surface area contributed by atoms with Gasteiger partial charge in [0, 0.05) is 18.5 Å². The molecule has 3 nitrogen and oxygen atoms in total. The molecule has 0 spiro atoms. The van der Waals surface area contributed by atoms with E-state index in [1.807, 2.05) is 12.1 Å². The first-order chi connectivity index (χ1) is 7.75. The Hall–Kier alpha value is -2.10. The van der Waals surface area contributed by atoms with Crippen molar-refractivity contribution >= 4 is 5.69 Å². The molecule has 0 aliphatic carbocycles. The van der Waals surface area contributed by atoms with Crippen LogP contribution in [0.15, 0.2) is 42.7 Å². The van der Waals surface area contributed by atoms with Crippen LogP contribution in [0.1, 0.15) is 5.56 Å². The van der Waals surface area contributed by atoms with Gasteiger partial charge < -0.3 is 10.5 Å². The number of hydrogen-bond donors (Lipinski definition) is 1. The van der Waals surface area contributed by atoms with Crippen molar-refractivity contribution < 1.29 is 9.13 Å². The number of anilines is 1. The first-order valence-corrected chi connectivity index (χ1v) is 4.82. The van der Waals surface area contributed by atoms with Crippen molar-refractivity contribution in [1.29, 1.82) is 0 Å². The van der Waals surface area contributed by atoms with Crippen LogP contribution in [0.5, 0.6) is 5.75 Å². The van der Waals surface area contributed by atoms with Crippen molar-refractivity contribution in [3.05, 3.63) is 54.1 Å². The summed E-state index contributed by atoms with van der Waals surface area (Å²) in [5, 5.41) is 0. The van der Waals surface area contributed by atoms with Crippen LogP contribution in [0.25, 0.3) is 0 Å². The third-order valence-corrected chi connectivity index (χ3v) is 2.13. The van der Waals surface area contributed by atoms with E-state index in [-0.39, 0.29) is 5.69 Å². The highest BCUT2D eigenvalue weighted by Crippen LogP contribution is 2.18. The average Bonchev–Trinajstić information content (AvgIpc) is 2.32. The van der Waals surface area contributed by atoms with Gasteiger partial charge in [-0.15, -0.1) is 0 Å². The van der Waals surface area contributed by atoms with Crippen molar-refractivity contribution in [2.24, 2.45) is 0 Å². The van der Waals surface area contributed by atoms with Gasteiger partial charge in [0.1, 0.15) is 18.2 Å². The molecule has 0 amide bonds. The lowest BCUT2D eigenvalue weighted by molar-refractivity contribution is 0.304. The first kappa shape index (κ1) is 10.4. The van der Waals surface area contributed by atoms with Gasteiger partial charge in [-0.05, 0) is 29.8 Å². The Bertz CT molecular complexity index is 474. The van der Waals surface area contributed by atoms with Crippen LogP contribution in [-0.2, 0) is 6.61 Å². The predicted molar refractivity (Wildman–Crippen MR) is 59.4 cm³/mol. The molecule has 0 fully saturated rings. The first-order valence-electron chi connectivity index (χ1n) is 4.82. The summed E-state index contributed by atoms with van der Waals surface area (Å²) in [5.74, 6) is -0.00394. The lowest BCUT2D eigenvalue weighted by atomic mass is 10.3. The molecule has 0 saturated heterocycles. The van der Waals surface area contributed by atoms with Crippen LogP contribution < -0.4 is 10.5 Å². The molecule has 0 radical (unpaired) electrons. The average molecular weight is 218 g/mol. The number of nitrogens with zero attached hydrogens (tertiary/aromatic N) is 1. The molecular formula is C12H11FN2O. The largest absolute Gasteiger partial charge is 0.489 e. The number of hydrogen-bond acceptors (Lipinski definition) is 3. The Labute approximate surface area is 92.7 Å². The van der Waals surface area contributed by atoms with E-state index in [2.05, 4.69) is 4.98 Å². The summed E-state index contributed by atoms with van der Waals surface area (Å²) in [7, 11) is 0. The molecular weight excluding hydrogens is 207 g/mol. The number of halogens is 1. The minimum Gasteiger partial charge on any atom is -0.489 e. The second-order valence-corrected chi connectivity index (χ2v) is 3.33. The Morgan fingerprint density at radius 2 is 1.94 bits per heavy atom. The van der Waals surface area contributed by atoms with Gasteiger partial charge in [0.15, 0.2) is 0 Å². The fraction of sp³-hybridized carbons (Fsp3) is 0.0833. The standard InChI is InChI=1S/C12H11FN2O/c13-11-7-10(1-2-12(11)14)16-8-9-3-5-15-6-4-9/h1-7H,8,14H2. The maximum Gasteiger partial charge on any atom is 0.149 e. The van der Waals surface area contributed by atoms with Crippen molar-refractivity contribution in [2.75, 3.05) is 5.73 Å². The molecule has 2 N–H and O–H groups in total. The number of benzene rings is 1. The van der Waals surface area contributed by atoms with Crippen LogP contribution in [-0.4, -0.2) is 4.98 Å². The molecule has 0 unspecified atom stereocenters. The van der Waals surface area contributed by atoms with Crippen LogP contribution >= 0.6 is 0 Å². The Morgan fingerprint density at radius 3 is 2.62 bits per heavy atom. The van der Waals surface area contributed by atoms with Gasteiger partial charge in [-0.1, -0.05) is 0 Å². The van der Waals surface area contributed by atoms with Gasteiger partial charge in [-0.25, -0.2) is 4.39 Å². The van der Waals surface area contributed by atoms with E-state index in [0.717, 1.165) is 5.56 Å². The molecule has 0 saturated carbocycles. The zero-order chi connectivity index (χ0) is 11.4. The normalized spacial score (nSPS) is 10.1. The van der Waals surface area contributed by atoms with Gasteiger partial charge in [0.05, 0.1) is 5.69 Å². The number of rotatable bonds is 3. The number of nitrogen functional groups attached to an aromatic ring is 1. The zero-order valence-electron chi connectivity index (χ0n) is 8.56. The van der Waals surface area contributed by atoms with Gasteiger partial charge in [0.2, 0.25) is 0 Å². The highest BCUT2D eigenvalue weighted by atomic mass is 19.1. The predicted octanol–water partition coefficient (Wildman–Crippen LogP) is 2.38. The van der Waals surface area contributed by atoms with E-state index in [1.165, 1.54) is 12.1 Å². The second-order valence-electron chi connectivity index (χ2n) is 3.33. The van der Waals surface area contributed by atoms with Crippen molar-refractivity contribution in [3.8, 4) is 5.75 Å². The Balaban J connectivity index is 2.03. The summed E-state index contributed by atoms with van der Waals surface area (Å²) >= 11 is 0. The highest BCUT2D eigenvalue weighted by Gasteiger charge is 2.01. The number of nitrogens with two attached hydrogens (primary N) is 1. The third kappa shape index (κ3) is 2.48. The van der Waals surface area contributed by atoms with Crippen LogP contribution in [0.4, 0.5) is 10.1 Å². The van der Waals surface area contributed by atoms with Crippen molar-refractivity contribution in [3.63, 3.8) is 0 Å². The quantitative estimate of drug-likeness (QED) is 0.804. The van der Waals surface area contributed by atoms with Crippen molar-refractivity contribution in [2.45, 2.75) is 6.61 Å². The Kier molecular flexibility index (Phi) is 3.00. The highest BCUT2D eigenvalue weighted by molar-refractivity contribution is 5.43. The molecule has 0 aliphatic rings. The zero-order valence-corrected chi connectivity index (χ0v) is 8.56. The van der Waals surface area contributed by atoms with Crippen LogP contribution in [0.2, 0.25) is 0 Å². The van der Waals surface area contributed by atoms with Crippen LogP contribution in [0, 0.1) is 5.82 Å². The number of aromatic nitrogens is 1. The van der Waals surface area contributed by atoms with Gasteiger partial charge in [-0.2, -0.15) is 0 Å². The molecule has 2 rings (SSSR count). The van der Waals surface area contributed by atoms with Gasteiger partial charge >= 0.3 is 0 Å². The lowest BCUT2D eigenvalue weighted by Crippen LogP contribution is -1.97. The van der Waals surface area contributed by atoms with E-state index < -0.39 is 5.82 Å². The number of pyridine rings is 1. The molecule has 1 heterocycles. The fourth-order valence-electron chi connectivity index (χ4n) is 1.24. The minimum atomic E-state index is -0.466. The summed E-state index contributed by atoms with van der Waals surface area (Å²) in [6.07, 6.45) is 3.37. The molecule has 82 valence electrons. The smallest absolute Gasteiger partial charge is 0.149 e. The van der Waals surface area contributed by atoms with E-state index in [9.17, 15) is 4.39 Å². The summed E-state index contributed by atoms with van der Waals surface area (Å²) in [6, 6.07) is 8.08. The SMILES string of the molecule is Nc1ccc(OCc2ccncc2)cc1F. The topological polar surface area (TPSA) is 48.1 Å². The summed E-state index contributed by atoms with van der Waals surface area (Å²) < 4.78 is 18.5. The van der Waals surface area contributed by atoms with E-state index in [0.29, 0.717) is 12.4 Å². The minimum absolute atomic E-state index is 0.122. The number of ether oxygens (including phenoxy) is 1.